The SMILES string of the molecule is COCCN(CCO)C(=O)Cc1csc(N)n1. The van der Waals surface area contributed by atoms with Crippen molar-refractivity contribution >= 4 is 22.4 Å². The zero-order valence-electron chi connectivity index (χ0n) is 9.76. The lowest BCUT2D eigenvalue weighted by molar-refractivity contribution is -0.131. The molecule has 1 rings (SSSR count). The molecule has 3 N–H and O–H groups in total. The number of carbonyl (C=O) groups is 1. The highest BCUT2D eigenvalue weighted by molar-refractivity contribution is 7.13. The molecule has 6 nitrogen and oxygen atoms in total. The largest absolute Gasteiger partial charge is 0.395 e. The van der Waals surface area contributed by atoms with E-state index in [9.17, 15) is 4.79 Å². The van der Waals surface area contributed by atoms with E-state index < -0.39 is 0 Å². The van der Waals surface area contributed by atoms with E-state index in [1.54, 1.807) is 17.4 Å². The number of nitrogens with two attached hydrogens (primary N) is 1. The van der Waals surface area contributed by atoms with Gasteiger partial charge in [0, 0.05) is 25.6 Å². The maximum Gasteiger partial charge on any atom is 0.228 e. The summed E-state index contributed by atoms with van der Waals surface area (Å²) in [5, 5.41) is 11.1. The molecular formula is C10H17N3O3S. The summed E-state index contributed by atoms with van der Waals surface area (Å²) < 4.78 is 4.91. The van der Waals surface area contributed by atoms with Gasteiger partial charge in [-0.1, -0.05) is 0 Å². The summed E-state index contributed by atoms with van der Waals surface area (Å²) >= 11 is 1.31. The maximum atomic E-state index is 11.9. The zero-order chi connectivity index (χ0) is 12.7. The normalized spacial score (nSPS) is 10.5. The van der Waals surface area contributed by atoms with Gasteiger partial charge in [-0.25, -0.2) is 4.98 Å². The van der Waals surface area contributed by atoms with Crippen molar-refractivity contribution in [2.45, 2.75) is 6.42 Å². The Bertz CT molecular complexity index is 356. The van der Waals surface area contributed by atoms with Gasteiger partial charge in [0.1, 0.15) is 0 Å². The third-order valence-corrected chi connectivity index (χ3v) is 2.91. The number of thiazole rings is 1. The molecule has 0 saturated carbocycles. The van der Waals surface area contributed by atoms with E-state index in [-0.39, 0.29) is 18.9 Å². The van der Waals surface area contributed by atoms with E-state index in [1.165, 1.54) is 11.3 Å². The summed E-state index contributed by atoms with van der Waals surface area (Å²) in [7, 11) is 1.57. The molecule has 0 aliphatic carbocycles. The highest BCUT2D eigenvalue weighted by Crippen LogP contribution is 2.12. The molecule has 0 aliphatic rings. The molecule has 0 aliphatic heterocycles. The van der Waals surface area contributed by atoms with Crippen LogP contribution >= 0.6 is 11.3 Å². The summed E-state index contributed by atoms with van der Waals surface area (Å²) in [6.07, 6.45) is 0.206. The smallest absolute Gasteiger partial charge is 0.228 e. The Labute approximate surface area is 104 Å². The second-order valence-corrected chi connectivity index (χ2v) is 4.34. The molecule has 0 atom stereocenters. The number of amides is 1. The fourth-order valence-corrected chi connectivity index (χ4v) is 1.92. The van der Waals surface area contributed by atoms with Crippen LogP contribution in [0.4, 0.5) is 5.13 Å². The second kappa shape index (κ2) is 7.21. The van der Waals surface area contributed by atoms with Crippen molar-refractivity contribution in [2.24, 2.45) is 0 Å². The van der Waals surface area contributed by atoms with Gasteiger partial charge in [-0.05, 0) is 0 Å². The molecule has 7 heteroatoms. The number of methoxy groups -OCH3 is 1. The summed E-state index contributed by atoms with van der Waals surface area (Å²) in [5.41, 5.74) is 6.16. The molecule has 1 aromatic heterocycles. The minimum atomic E-state index is -0.0820. The highest BCUT2D eigenvalue weighted by Gasteiger charge is 2.14. The number of anilines is 1. The van der Waals surface area contributed by atoms with Crippen LogP contribution in [0.5, 0.6) is 0 Å². The van der Waals surface area contributed by atoms with Crippen molar-refractivity contribution in [1.82, 2.24) is 9.88 Å². The van der Waals surface area contributed by atoms with Crippen LogP contribution in [0.3, 0.4) is 0 Å². The zero-order valence-corrected chi connectivity index (χ0v) is 10.6. The predicted molar refractivity (Wildman–Crippen MR) is 65.8 cm³/mol. The summed E-state index contributed by atoms with van der Waals surface area (Å²) in [6, 6.07) is 0. The van der Waals surface area contributed by atoms with Gasteiger partial charge in [0.05, 0.1) is 25.3 Å². The first kappa shape index (κ1) is 13.9. The molecule has 1 heterocycles. The lowest BCUT2D eigenvalue weighted by atomic mass is 10.3. The van der Waals surface area contributed by atoms with E-state index >= 15 is 0 Å². The number of ether oxygens (including phenoxy) is 1. The van der Waals surface area contributed by atoms with Gasteiger partial charge in [0.25, 0.3) is 0 Å². The van der Waals surface area contributed by atoms with Crippen LogP contribution in [-0.4, -0.2) is 54.3 Å². The molecule has 96 valence electrons. The molecule has 0 fully saturated rings. The average Bonchev–Trinajstić information content (AvgIpc) is 2.70. The lowest BCUT2D eigenvalue weighted by Gasteiger charge is -2.20. The summed E-state index contributed by atoms with van der Waals surface area (Å²) in [6.45, 7) is 1.16. The number of rotatable bonds is 7. The van der Waals surface area contributed by atoms with E-state index in [4.69, 9.17) is 15.6 Å². The van der Waals surface area contributed by atoms with E-state index in [2.05, 4.69) is 4.98 Å². The van der Waals surface area contributed by atoms with Crippen molar-refractivity contribution < 1.29 is 14.6 Å². The first-order valence-corrected chi connectivity index (χ1v) is 6.12. The molecular weight excluding hydrogens is 242 g/mol. The van der Waals surface area contributed by atoms with Gasteiger partial charge >= 0.3 is 0 Å². The van der Waals surface area contributed by atoms with Crippen molar-refractivity contribution in [3.8, 4) is 0 Å². The van der Waals surface area contributed by atoms with Gasteiger partial charge in [-0.3, -0.25) is 4.79 Å². The van der Waals surface area contributed by atoms with E-state index in [0.717, 1.165) is 0 Å². The predicted octanol–water partition coefficient (Wildman–Crippen LogP) is -0.265. The second-order valence-electron chi connectivity index (χ2n) is 3.45. The molecule has 0 bridgehead atoms. The Kier molecular flexibility index (Phi) is 5.88. The van der Waals surface area contributed by atoms with Gasteiger partial charge in [-0.2, -0.15) is 0 Å². The quantitative estimate of drug-likeness (QED) is 0.704. The first-order chi connectivity index (χ1) is 8.17. The van der Waals surface area contributed by atoms with Gasteiger partial charge in [-0.15, -0.1) is 11.3 Å². The Balaban J connectivity index is 2.52. The minimum Gasteiger partial charge on any atom is -0.395 e. The molecule has 0 spiro atoms. The Hall–Kier alpha value is -1.18. The third-order valence-electron chi connectivity index (χ3n) is 2.19. The van der Waals surface area contributed by atoms with Gasteiger partial charge in [0.2, 0.25) is 5.91 Å². The van der Waals surface area contributed by atoms with Crippen LogP contribution in [0.15, 0.2) is 5.38 Å². The number of nitrogen functional groups attached to an aromatic ring is 1. The monoisotopic (exact) mass is 259 g/mol. The molecule has 0 saturated heterocycles. The third kappa shape index (κ3) is 4.68. The lowest BCUT2D eigenvalue weighted by Crippen LogP contribution is -2.37. The number of nitrogens with zero attached hydrogens (tertiary/aromatic N) is 2. The topological polar surface area (TPSA) is 88.7 Å². The summed E-state index contributed by atoms with van der Waals surface area (Å²) in [5.74, 6) is -0.0820. The van der Waals surface area contributed by atoms with Crippen molar-refractivity contribution in [1.29, 1.82) is 0 Å². The maximum absolute atomic E-state index is 11.9. The molecule has 0 aromatic carbocycles. The van der Waals surface area contributed by atoms with Crippen LogP contribution in [0, 0.1) is 0 Å². The fourth-order valence-electron chi connectivity index (χ4n) is 1.35. The Morgan fingerprint density at radius 1 is 1.65 bits per heavy atom. The molecule has 0 unspecified atom stereocenters. The molecule has 1 amide bonds. The van der Waals surface area contributed by atoms with E-state index in [0.29, 0.717) is 30.5 Å². The molecule has 1 aromatic rings. The number of aliphatic hydroxyl groups is 1. The van der Waals surface area contributed by atoms with Crippen molar-refractivity contribution in [3.63, 3.8) is 0 Å². The number of hydrogen-bond donors (Lipinski definition) is 2. The highest BCUT2D eigenvalue weighted by atomic mass is 32.1. The minimum absolute atomic E-state index is 0.0609. The Morgan fingerprint density at radius 3 is 2.94 bits per heavy atom. The number of aliphatic hydroxyl groups excluding tert-OH is 1. The van der Waals surface area contributed by atoms with Crippen LogP contribution in [0.25, 0.3) is 0 Å². The fraction of sp³-hybridized carbons (Fsp3) is 0.600. The molecule has 17 heavy (non-hydrogen) atoms. The first-order valence-electron chi connectivity index (χ1n) is 5.24. The Morgan fingerprint density at radius 2 is 2.41 bits per heavy atom. The molecule has 0 radical (unpaired) electrons. The summed E-state index contributed by atoms with van der Waals surface area (Å²) in [4.78, 5) is 17.5. The van der Waals surface area contributed by atoms with Crippen LogP contribution in [0.2, 0.25) is 0 Å². The van der Waals surface area contributed by atoms with Crippen molar-refractivity contribution in [2.75, 3.05) is 39.1 Å². The number of hydrogen-bond acceptors (Lipinski definition) is 6. The number of aromatic nitrogens is 1. The van der Waals surface area contributed by atoms with E-state index in [1.807, 2.05) is 0 Å². The van der Waals surface area contributed by atoms with Crippen LogP contribution in [0.1, 0.15) is 5.69 Å². The average molecular weight is 259 g/mol. The van der Waals surface area contributed by atoms with Gasteiger partial charge < -0.3 is 20.5 Å². The standard InChI is InChI=1S/C10H17N3O3S/c1-16-5-3-13(2-4-14)9(15)6-8-7-17-10(11)12-8/h7,14H,2-6H2,1H3,(H2,11,12). The van der Waals surface area contributed by atoms with Crippen LogP contribution in [-0.2, 0) is 16.0 Å². The van der Waals surface area contributed by atoms with Crippen molar-refractivity contribution in [3.05, 3.63) is 11.1 Å². The number of carbonyl (C=O) groups excluding carboxylic acids is 1. The van der Waals surface area contributed by atoms with Crippen LogP contribution < -0.4 is 5.73 Å². The van der Waals surface area contributed by atoms with Gasteiger partial charge in [0.15, 0.2) is 5.13 Å².